The van der Waals surface area contributed by atoms with Crippen LogP contribution in [0.4, 0.5) is 4.79 Å². The van der Waals surface area contributed by atoms with Crippen molar-refractivity contribution in [2.24, 2.45) is 0 Å². The first-order valence-electron chi connectivity index (χ1n) is 9.42. The first-order chi connectivity index (χ1) is 12.9. The quantitative estimate of drug-likeness (QED) is 0.789. The molecule has 0 saturated carbocycles. The Morgan fingerprint density at radius 2 is 2.00 bits per heavy atom. The molecule has 0 bridgehead atoms. The summed E-state index contributed by atoms with van der Waals surface area (Å²) < 4.78 is 31.5. The Morgan fingerprint density at radius 1 is 1.30 bits per heavy atom. The summed E-state index contributed by atoms with van der Waals surface area (Å²) in [5.41, 5.74) is 0.794. The highest BCUT2D eigenvalue weighted by Gasteiger charge is 2.28. The second kappa shape index (κ2) is 8.31. The third kappa shape index (κ3) is 4.81. The van der Waals surface area contributed by atoms with Gasteiger partial charge < -0.3 is 15.1 Å². The highest BCUT2D eigenvalue weighted by Crippen LogP contribution is 2.23. The minimum atomic E-state index is -3.16. The highest BCUT2D eigenvalue weighted by molar-refractivity contribution is 7.89. The SMILES string of the molecule is CCCS(=O)(=O)N1CCC(NC(=O)NC(C)c2cc3ccccc3o2)CC1. The van der Waals surface area contributed by atoms with Gasteiger partial charge in [0.05, 0.1) is 11.8 Å². The molecule has 148 valence electrons. The van der Waals surface area contributed by atoms with Gasteiger partial charge in [-0.05, 0) is 38.3 Å². The van der Waals surface area contributed by atoms with Crippen LogP contribution in [0.5, 0.6) is 0 Å². The molecule has 8 heteroatoms. The van der Waals surface area contributed by atoms with Crippen molar-refractivity contribution in [1.82, 2.24) is 14.9 Å². The average Bonchev–Trinajstić information content (AvgIpc) is 3.06. The van der Waals surface area contributed by atoms with E-state index in [9.17, 15) is 13.2 Å². The molecule has 2 amide bonds. The van der Waals surface area contributed by atoms with Gasteiger partial charge in [-0.3, -0.25) is 0 Å². The van der Waals surface area contributed by atoms with Gasteiger partial charge in [-0.2, -0.15) is 0 Å². The fraction of sp³-hybridized carbons (Fsp3) is 0.526. The van der Waals surface area contributed by atoms with E-state index in [4.69, 9.17) is 4.42 Å². The molecule has 1 aromatic heterocycles. The second-order valence-corrected chi connectivity index (χ2v) is 9.10. The highest BCUT2D eigenvalue weighted by atomic mass is 32.2. The number of piperidine rings is 1. The summed E-state index contributed by atoms with van der Waals surface area (Å²) in [5, 5.41) is 6.84. The molecule has 0 spiro atoms. The Balaban J connectivity index is 1.50. The van der Waals surface area contributed by atoms with Crippen LogP contribution in [-0.4, -0.2) is 43.6 Å². The molecule has 1 aliphatic heterocycles. The van der Waals surface area contributed by atoms with Crippen molar-refractivity contribution < 1.29 is 17.6 Å². The van der Waals surface area contributed by atoms with E-state index in [1.807, 2.05) is 44.2 Å². The van der Waals surface area contributed by atoms with E-state index in [2.05, 4.69) is 10.6 Å². The lowest BCUT2D eigenvalue weighted by molar-refractivity contribution is 0.223. The van der Waals surface area contributed by atoms with Gasteiger partial charge in [0, 0.05) is 24.5 Å². The number of nitrogens with one attached hydrogen (secondary N) is 2. The third-order valence-corrected chi connectivity index (χ3v) is 6.94. The van der Waals surface area contributed by atoms with Crippen LogP contribution in [0.25, 0.3) is 11.0 Å². The predicted molar refractivity (Wildman–Crippen MR) is 105 cm³/mol. The molecule has 1 aromatic carbocycles. The zero-order valence-corrected chi connectivity index (χ0v) is 16.6. The van der Waals surface area contributed by atoms with Crippen LogP contribution in [0.2, 0.25) is 0 Å². The van der Waals surface area contributed by atoms with Crippen molar-refractivity contribution in [3.8, 4) is 0 Å². The van der Waals surface area contributed by atoms with Gasteiger partial charge in [0.15, 0.2) is 0 Å². The maximum atomic E-state index is 12.3. The monoisotopic (exact) mass is 393 g/mol. The van der Waals surface area contributed by atoms with Crippen LogP contribution in [0.3, 0.4) is 0 Å². The predicted octanol–water partition coefficient (Wildman–Crippen LogP) is 3.00. The van der Waals surface area contributed by atoms with Gasteiger partial charge in [-0.25, -0.2) is 17.5 Å². The van der Waals surface area contributed by atoms with Gasteiger partial charge in [-0.15, -0.1) is 0 Å². The van der Waals surface area contributed by atoms with E-state index in [-0.39, 0.29) is 23.9 Å². The zero-order valence-electron chi connectivity index (χ0n) is 15.8. The topological polar surface area (TPSA) is 91.7 Å². The minimum absolute atomic E-state index is 0.0269. The summed E-state index contributed by atoms with van der Waals surface area (Å²) in [5.74, 6) is 0.882. The Hall–Kier alpha value is -2.06. The van der Waals surface area contributed by atoms with E-state index in [1.54, 1.807) is 0 Å². The van der Waals surface area contributed by atoms with Crippen LogP contribution in [-0.2, 0) is 10.0 Å². The molecular weight excluding hydrogens is 366 g/mol. The molecule has 1 saturated heterocycles. The normalized spacial score (nSPS) is 17.7. The summed E-state index contributed by atoms with van der Waals surface area (Å²) in [6.45, 7) is 4.63. The van der Waals surface area contributed by atoms with Crippen LogP contribution >= 0.6 is 0 Å². The lowest BCUT2D eigenvalue weighted by Crippen LogP contribution is -2.49. The van der Waals surface area contributed by atoms with E-state index in [0.717, 1.165) is 11.0 Å². The summed E-state index contributed by atoms with van der Waals surface area (Å²) in [7, 11) is -3.16. The van der Waals surface area contributed by atoms with Crippen LogP contribution in [0, 0.1) is 0 Å². The van der Waals surface area contributed by atoms with E-state index >= 15 is 0 Å². The number of furan rings is 1. The molecule has 3 rings (SSSR count). The lowest BCUT2D eigenvalue weighted by atomic mass is 10.1. The number of hydrogen-bond donors (Lipinski definition) is 2. The fourth-order valence-corrected chi connectivity index (χ4v) is 4.92. The Bertz CT molecular complexity index is 852. The van der Waals surface area contributed by atoms with Crippen LogP contribution in [0.1, 0.15) is 44.9 Å². The van der Waals surface area contributed by atoms with Gasteiger partial charge >= 0.3 is 6.03 Å². The molecule has 0 aliphatic carbocycles. The summed E-state index contributed by atoms with van der Waals surface area (Å²) in [6, 6.07) is 9.09. The van der Waals surface area contributed by atoms with E-state index < -0.39 is 10.0 Å². The maximum absolute atomic E-state index is 12.3. The van der Waals surface area contributed by atoms with E-state index in [0.29, 0.717) is 38.1 Å². The van der Waals surface area contributed by atoms with Crippen molar-refractivity contribution in [3.05, 3.63) is 36.1 Å². The number of para-hydroxylation sites is 1. The number of urea groups is 1. The van der Waals surface area contributed by atoms with E-state index in [1.165, 1.54) is 4.31 Å². The number of carbonyl (C=O) groups is 1. The molecule has 2 aromatic rings. The number of nitrogens with zero attached hydrogens (tertiary/aromatic N) is 1. The summed E-state index contributed by atoms with van der Waals surface area (Å²) >= 11 is 0. The summed E-state index contributed by atoms with van der Waals surface area (Å²) in [6.07, 6.45) is 1.85. The van der Waals surface area contributed by atoms with Crippen LogP contribution in [0.15, 0.2) is 34.7 Å². The van der Waals surface area contributed by atoms with Crippen molar-refractivity contribution in [2.75, 3.05) is 18.8 Å². The third-order valence-electron chi connectivity index (χ3n) is 4.86. The molecule has 1 atom stereocenters. The van der Waals surface area contributed by atoms with Gasteiger partial charge in [0.2, 0.25) is 10.0 Å². The van der Waals surface area contributed by atoms with Crippen molar-refractivity contribution in [2.45, 2.75) is 45.2 Å². The molecular formula is C19H27N3O4S. The molecule has 7 nitrogen and oxygen atoms in total. The molecule has 1 unspecified atom stereocenters. The number of benzene rings is 1. The van der Waals surface area contributed by atoms with Gasteiger partial charge in [0.25, 0.3) is 0 Å². The van der Waals surface area contributed by atoms with Crippen LogP contribution < -0.4 is 10.6 Å². The zero-order chi connectivity index (χ0) is 19.4. The number of sulfonamides is 1. The first kappa shape index (κ1) is 19.7. The van der Waals surface area contributed by atoms with Gasteiger partial charge in [0.1, 0.15) is 11.3 Å². The average molecular weight is 394 g/mol. The number of hydrogen-bond acceptors (Lipinski definition) is 4. The fourth-order valence-electron chi connectivity index (χ4n) is 3.38. The maximum Gasteiger partial charge on any atom is 0.315 e. The van der Waals surface area contributed by atoms with Gasteiger partial charge in [-0.1, -0.05) is 25.1 Å². The molecule has 2 N–H and O–H groups in total. The molecule has 27 heavy (non-hydrogen) atoms. The first-order valence-corrected chi connectivity index (χ1v) is 11.0. The molecule has 2 heterocycles. The Labute approximate surface area is 160 Å². The number of rotatable bonds is 6. The Morgan fingerprint density at radius 3 is 2.67 bits per heavy atom. The number of carbonyl (C=O) groups excluding carboxylic acids is 1. The number of fused-ring (bicyclic) bond motifs is 1. The molecule has 1 fully saturated rings. The largest absolute Gasteiger partial charge is 0.459 e. The van der Waals surface area contributed by atoms with Crippen molar-refractivity contribution in [3.63, 3.8) is 0 Å². The molecule has 1 aliphatic rings. The molecule has 0 radical (unpaired) electrons. The van der Waals surface area contributed by atoms with Crippen molar-refractivity contribution >= 4 is 27.0 Å². The summed E-state index contributed by atoms with van der Waals surface area (Å²) in [4.78, 5) is 12.3. The second-order valence-electron chi connectivity index (χ2n) is 7.02. The Kier molecular flexibility index (Phi) is 6.06. The standard InChI is InChI=1S/C19H27N3O4S/c1-3-12-27(24,25)22-10-8-16(9-11-22)21-19(23)20-14(2)18-13-15-6-4-5-7-17(15)26-18/h4-7,13-14,16H,3,8-12H2,1-2H3,(H2,20,21,23). The number of amides is 2. The lowest BCUT2D eigenvalue weighted by Gasteiger charge is -2.31. The smallest absolute Gasteiger partial charge is 0.315 e. The van der Waals surface area contributed by atoms with Crippen molar-refractivity contribution in [1.29, 1.82) is 0 Å². The minimum Gasteiger partial charge on any atom is -0.459 e.